The molecule has 1 unspecified atom stereocenters. The van der Waals surface area contributed by atoms with Gasteiger partial charge in [-0.2, -0.15) is 0 Å². The monoisotopic (exact) mass is 207 g/mol. The number of aryl methyl sites for hydroxylation is 1. The molecule has 1 atom stereocenters. The standard InChI is InChI=1S/C13H21NO/c1-10-5-7-11(8-6-10)12(14)9-15-13(2,3)4/h5-8,12H,9,14H2,1-4H3. The zero-order chi connectivity index (χ0) is 11.5. The fourth-order valence-electron chi connectivity index (χ4n) is 1.25. The Bertz CT molecular complexity index is 297. The molecule has 0 fully saturated rings. The van der Waals surface area contributed by atoms with Crippen LogP contribution in [0, 0.1) is 6.92 Å². The van der Waals surface area contributed by atoms with E-state index in [1.54, 1.807) is 0 Å². The number of benzene rings is 1. The average Bonchev–Trinajstić information content (AvgIpc) is 2.14. The van der Waals surface area contributed by atoms with Gasteiger partial charge in [-0.15, -0.1) is 0 Å². The summed E-state index contributed by atoms with van der Waals surface area (Å²) in [5, 5.41) is 0. The Kier molecular flexibility index (Phi) is 3.89. The van der Waals surface area contributed by atoms with Gasteiger partial charge < -0.3 is 10.5 Å². The van der Waals surface area contributed by atoms with Crippen LogP contribution < -0.4 is 5.73 Å². The zero-order valence-corrected chi connectivity index (χ0v) is 10.1. The van der Waals surface area contributed by atoms with Crippen LogP contribution in [0.4, 0.5) is 0 Å². The predicted octanol–water partition coefficient (Wildman–Crippen LogP) is 2.81. The average molecular weight is 207 g/mol. The molecule has 1 aromatic carbocycles. The molecule has 0 amide bonds. The van der Waals surface area contributed by atoms with Crippen LogP contribution in [0.1, 0.15) is 37.9 Å². The first-order valence-electron chi connectivity index (χ1n) is 5.34. The number of nitrogens with two attached hydrogens (primary N) is 1. The van der Waals surface area contributed by atoms with Crippen LogP contribution in [-0.4, -0.2) is 12.2 Å². The van der Waals surface area contributed by atoms with Crippen molar-refractivity contribution in [2.75, 3.05) is 6.61 Å². The summed E-state index contributed by atoms with van der Waals surface area (Å²) in [5.41, 5.74) is 8.29. The van der Waals surface area contributed by atoms with Gasteiger partial charge in [0.1, 0.15) is 0 Å². The van der Waals surface area contributed by atoms with Gasteiger partial charge in [-0.05, 0) is 33.3 Å². The first-order chi connectivity index (χ1) is 6.88. The van der Waals surface area contributed by atoms with Gasteiger partial charge in [0, 0.05) is 0 Å². The van der Waals surface area contributed by atoms with Crippen molar-refractivity contribution >= 4 is 0 Å². The van der Waals surface area contributed by atoms with E-state index in [2.05, 4.69) is 31.2 Å². The molecule has 0 saturated carbocycles. The Labute approximate surface area is 92.4 Å². The van der Waals surface area contributed by atoms with E-state index < -0.39 is 0 Å². The van der Waals surface area contributed by atoms with Gasteiger partial charge in [0.2, 0.25) is 0 Å². The Morgan fingerprint density at radius 3 is 2.20 bits per heavy atom. The van der Waals surface area contributed by atoms with Crippen LogP contribution in [0.2, 0.25) is 0 Å². The highest BCUT2D eigenvalue weighted by atomic mass is 16.5. The molecule has 15 heavy (non-hydrogen) atoms. The molecule has 0 bridgehead atoms. The summed E-state index contributed by atoms with van der Waals surface area (Å²) in [6.07, 6.45) is 0. The summed E-state index contributed by atoms with van der Waals surface area (Å²) >= 11 is 0. The predicted molar refractivity (Wildman–Crippen MR) is 63.8 cm³/mol. The third kappa shape index (κ3) is 4.45. The number of hydrogen-bond acceptors (Lipinski definition) is 2. The van der Waals surface area contributed by atoms with Gasteiger partial charge in [-0.25, -0.2) is 0 Å². The van der Waals surface area contributed by atoms with Crippen molar-refractivity contribution in [1.29, 1.82) is 0 Å². The highest BCUT2D eigenvalue weighted by molar-refractivity contribution is 5.23. The summed E-state index contributed by atoms with van der Waals surface area (Å²) < 4.78 is 5.65. The molecule has 84 valence electrons. The number of rotatable bonds is 3. The van der Waals surface area contributed by atoms with E-state index in [0.717, 1.165) is 5.56 Å². The van der Waals surface area contributed by atoms with Crippen LogP contribution in [-0.2, 0) is 4.74 Å². The van der Waals surface area contributed by atoms with E-state index in [1.165, 1.54) is 5.56 Å². The Hall–Kier alpha value is -0.860. The van der Waals surface area contributed by atoms with E-state index >= 15 is 0 Å². The Morgan fingerprint density at radius 1 is 1.20 bits per heavy atom. The lowest BCUT2D eigenvalue weighted by Gasteiger charge is -2.22. The maximum Gasteiger partial charge on any atom is 0.0666 e. The zero-order valence-electron chi connectivity index (χ0n) is 10.1. The van der Waals surface area contributed by atoms with E-state index in [1.807, 2.05) is 20.8 Å². The molecular formula is C13H21NO. The van der Waals surface area contributed by atoms with Gasteiger partial charge in [-0.1, -0.05) is 29.8 Å². The quantitative estimate of drug-likeness (QED) is 0.827. The van der Waals surface area contributed by atoms with E-state index in [9.17, 15) is 0 Å². The maximum atomic E-state index is 6.03. The summed E-state index contributed by atoms with van der Waals surface area (Å²) in [6, 6.07) is 8.24. The molecule has 0 aliphatic heterocycles. The van der Waals surface area contributed by atoms with Gasteiger partial charge in [0.05, 0.1) is 18.2 Å². The molecule has 0 aliphatic rings. The van der Waals surface area contributed by atoms with Crippen molar-refractivity contribution in [2.24, 2.45) is 5.73 Å². The van der Waals surface area contributed by atoms with Crippen molar-refractivity contribution in [3.8, 4) is 0 Å². The molecule has 1 rings (SSSR count). The molecule has 2 heteroatoms. The van der Waals surface area contributed by atoms with Crippen molar-refractivity contribution in [3.05, 3.63) is 35.4 Å². The molecule has 2 nitrogen and oxygen atoms in total. The number of ether oxygens (including phenoxy) is 1. The topological polar surface area (TPSA) is 35.2 Å². The minimum atomic E-state index is -0.123. The third-order valence-electron chi connectivity index (χ3n) is 2.20. The highest BCUT2D eigenvalue weighted by Crippen LogP contribution is 2.15. The van der Waals surface area contributed by atoms with Gasteiger partial charge >= 0.3 is 0 Å². The molecule has 1 aromatic rings. The fourth-order valence-corrected chi connectivity index (χ4v) is 1.25. The lowest BCUT2D eigenvalue weighted by molar-refractivity contribution is -0.0102. The van der Waals surface area contributed by atoms with Crippen molar-refractivity contribution < 1.29 is 4.74 Å². The van der Waals surface area contributed by atoms with Crippen LogP contribution in [0.3, 0.4) is 0 Å². The van der Waals surface area contributed by atoms with Crippen LogP contribution >= 0.6 is 0 Å². The first-order valence-corrected chi connectivity index (χ1v) is 5.34. The highest BCUT2D eigenvalue weighted by Gasteiger charge is 2.13. The lowest BCUT2D eigenvalue weighted by atomic mass is 10.1. The summed E-state index contributed by atoms with van der Waals surface area (Å²) in [7, 11) is 0. The van der Waals surface area contributed by atoms with Crippen molar-refractivity contribution in [1.82, 2.24) is 0 Å². The van der Waals surface area contributed by atoms with Gasteiger partial charge in [-0.3, -0.25) is 0 Å². The largest absolute Gasteiger partial charge is 0.374 e. The Balaban J connectivity index is 2.54. The van der Waals surface area contributed by atoms with Gasteiger partial charge in [0.25, 0.3) is 0 Å². The fraction of sp³-hybridized carbons (Fsp3) is 0.538. The van der Waals surface area contributed by atoms with Crippen molar-refractivity contribution in [3.63, 3.8) is 0 Å². The third-order valence-corrected chi connectivity index (χ3v) is 2.20. The first kappa shape index (κ1) is 12.2. The summed E-state index contributed by atoms with van der Waals surface area (Å²) in [4.78, 5) is 0. The normalized spacial score (nSPS) is 13.9. The molecule has 0 aromatic heterocycles. The van der Waals surface area contributed by atoms with Crippen LogP contribution in [0.15, 0.2) is 24.3 Å². The summed E-state index contributed by atoms with van der Waals surface area (Å²) in [6.45, 7) is 8.74. The maximum absolute atomic E-state index is 6.03. The van der Waals surface area contributed by atoms with E-state index in [4.69, 9.17) is 10.5 Å². The SMILES string of the molecule is Cc1ccc(C(N)COC(C)(C)C)cc1. The molecular weight excluding hydrogens is 186 g/mol. The lowest BCUT2D eigenvalue weighted by Crippen LogP contribution is -2.26. The molecule has 0 saturated heterocycles. The second-order valence-electron chi connectivity index (χ2n) is 4.94. The molecule has 0 radical (unpaired) electrons. The van der Waals surface area contributed by atoms with Crippen molar-refractivity contribution in [2.45, 2.75) is 39.3 Å². The second-order valence-corrected chi connectivity index (χ2v) is 4.94. The number of hydrogen-bond donors (Lipinski definition) is 1. The molecule has 0 heterocycles. The smallest absolute Gasteiger partial charge is 0.0666 e. The van der Waals surface area contributed by atoms with Crippen LogP contribution in [0.25, 0.3) is 0 Å². The van der Waals surface area contributed by atoms with Gasteiger partial charge in [0.15, 0.2) is 0 Å². The molecule has 0 spiro atoms. The summed E-state index contributed by atoms with van der Waals surface area (Å²) in [5.74, 6) is 0. The van der Waals surface area contributed by atoms with E-state index in [0.29, 0.717) is 6.61 Å². The molecule has 2 N–H and O–H groups in total. The van der Waals surface area contributed by atoms with Crippen LogP contribution in [0.5, 0.6) is 0 Å². The second kappa shape index (κ2) is 4.77. The minimum Gasteiger partial charge on any atom is -0.374 e. The minimum absolute atomic E-state index is 0.0372. The van der Waals surface area contributed by atoms with E-state index in [-0.39, 0.29) is 11.6 Å². The Morgan fingerprint density at radius 2 is 1.73 bits per heavy atom. The molecule has 0 aliphatic carbocycles.